The molecule has 0 aromatic carbocycles. The fourth-order valence-electron chi connectivity index (χ4n) is 10.3. The van der Waals surface area contributed by atoms with Gasteiger partial charge >= 0.3 is 17.9 Å². The molecule has 97 heavy (non-hydrogen) atoms. The second-order valence-electron chi connectivity index (χ2n) is 26.6. The first-order valence-electron chi connectivity index (χ1n) is 38.9. The van der Waals surface area contributed by atoms with Gasteiger partial charge in [0.2, 0.25) is 0 Å². The van der Waals surface area contributed by atoms with Crippen LogP contribution in [0.5, 0.6) is 0 Å². The molecule has 1 N–H and O–H groups in total. The van der Waals surface area contributed by atoms with Gasteiger partial charge in [0.1, 0.15) is 13.2 Å². The Balaban J connectivity index is 4.12. The Morgan fingerprint density at radius 2 is 0.557 bits per heavy atom. The Bertz CT molecular complexity index is 2260. The van der Waals surface area contributed by atoms with Crippen molar-refractivity contribution in [1.82, 2.24) is 0 Å². The predicted octanol–water partition coefficient (Wildman–Crippen LogP) is 25.1. The molecule has 0 aliphatic heterocycles. The highest BCUT2D eigenvalue weighted by atomic mass is 16.7. The van der Waals surface area contributed by atoms with Crippen LogP contribution < -0.4 is 0 Å². The van der Waals surface area contributed by atoms with Crippen molar-refractivity contribution in [1.29, 1.82) is 0 Å². The molecule has 0 aliphatic carbocycles. The van der Waals surface area contributed by atoms with Crippen LogP contribution in [-0.2, 0) is 33.3 Å². The number of allylic oxidation sites excluding steroid dienone is 30. The van der Waals surface area contributed by atoms with Gasteiger partial charge in [-0.2, -0.15) is 0 Å². The maximum Gasteiger partial charge on any atom is 0.361 e. The summed E-state index contributed by atoms with van der Waals surface area (Å²) in [6, 6.07) is 0. The quantitative estimate of drug-likeness (QED) is 0.0211. The number of unbranched alkanes of at least 4 members (excludes halogenated alkanes) is 25. The summed E-state index contributed by atoms with van der Waals surface area (Å²) in [5, 5.41) is 9.77. The highest BCUT2D eigenvalue weighted by Gasteiger charge is 2.25. The van der Waals surface area contributed by atoms with Crippen LogP contribution in [-0.4, -0.2) is 87.4 Å². The van der Waals surface area contributed by atoms with Crippen LogP contribution in [0.4, 0.5) is 0 Å². The van der Waals surface area contributed by atoms with E-state index >= 15 is 0 Å². The summed E-state index contributed by atoms with van der Waals surface area (Å²) >= 11 is 0. The lowest BCUT2D eigenvalue weighted by molar-refractivity contribution is -0.870. The van der Waals surface area contributed by atoms with Gasteiger partial charge in [-0.3, -0.25) is 9.59 Å². The van der Waals surface area contributed by atoms with Crippen molar-refractivity contribution in [2.24, 2.45) is 0 Å². The zero-order chi connectivity index (χ0) is 70.4. The lowest BCUT2D eigenvalue weighted by atomic mass is 10.0. The van der Waals surface area contributed by atoms with Crippen molar-refractivity contribution in [3.8, 4) is 0 Å². The molecule has 0 aromatic heterocycles. The Morgan fingerprint density at radius 1 is 0.309 bits per heavy atom. The Labute approximate surface area is 596 Å². The lowest BCUT2D eigenvalue weighted by Crippen LogP contribution is -2.40. The molecule has 0 saturated heterocycles. The Kier molecular flexibility index (Phi) is 71.7. The van der Waals surface area contributed by atoms with Crippen LogP contribution in [0.2, 0.25) is 0 Å². The zero-order valence-electron chi connectivity index (χ0n) is 62.7. The highest BCUT2D eigenvalue weighted by molar-refractivity contribution is 5.71. The number of esters is 2. The molecule has 0 amide bonds. The van der Waals surface area contributed by atoms with Crippen molar-refractivity contribution < 1.29 is 42.9 Å². The number of carbonyl (C=O) groups excluding carboxylic acids is 2. The second kappa shape index (κ2) is 76.1. The van der Waals surface area contributed by atoms with Crippen molar-refractivity contribution in [2.75, 3.05) is 47.5 Å². The molecule has 2 atom stereocenters. The number of likely N-dealkylation sites (N-methyl/N-ethyl adjacent to an activating group) is 1. The first-order valence-corrected chi connectivity index (χ1v) is 38.9. The maximum absolute atomic E-state index is 13.0. The normalized spacial score (nSPS) is 13.7. The Hall–Kier alpha value is -5.61. The van der Waals surface area contributed by atoms with Crippen molar-refractivity contribution in [3.05, 3.63) is 182 Å². The van der Waals surface area contributed by atoms with Crippen molar-refractivity contribution >= 4 is 17.9 Å². The number of carbonyl (C=O) groups is 3. The van der Waals surface area contributed by atoms with E-state index in [2.05, 4.69) is 196 Å². The molecule has 2 unspecified atom stereocenters. The minimum Gasteiger partial charge on any atom is -0.477 e. The van der Waals surface area contributed by atoms with E-state index in [0.717, 1.165) is 141 Å². The summed E-state index contributed by atoms with van der Waals surface area (Å²) in [4.78, 5) is 37.7. The third-order valence-electron chi connectivity index (χ3n) is 16.2. The van der Waals surface area contributed by atoms with Gasteiger partial charge < -0.3 is 28.5 Å². The van der Waals surface area contributed by atoms with Crippen LogP contribution in [0.15, 0.2) is 182 Å². The Morgan fingerprint density at radius 3 is 0.825 bits per heavy atom. The number of aliphatic carboxylic acids is 1. The first kappa shape index (κ1) is 91.4. The van der Waals surface area contributed by atoms with E-state index in [1.54, 1.807) is 0 Å². The van der Waals surface area contributed by atoms with E-state index in [0.29, 0.717) is 23.9 Å². The number of hydrogen-bond acceptors (Lipinski definition) is 7. The zero-order valence-corrected chi connectivity index (χ0v) is 62.7. The van der Waals surface area contributed by atoms with Crippen LogP contribution in [0, 0.1) is 0 Å². The highest BCUT2D eigenvalue weighted by Crippen LogP contribution is 2.17. The van der Waals surface area contributed by atoms with Gasteiger partial charge in [-0.25, -0.2) is 4.79 Å². The molecule has 0 aliphatic rings. The topological polar surface area (TPSA) is 108 Å². The molecule has 0 fully saturated rings. The third-order valence-corrected chi connectivity index (χ3v) is 16.2. The second-order valence-corrected chi connectivity index (χ2v) is 26.6. The predicted molar refractivity (Wildman–Crippen MR) is 419 cm³/mol. The van der Waals surface area contributed by atoms with Gasteiger partial charge in [0.15, 0.2) is 6.10 Å². The summed E-state index contributed by atoms with van der Waals surface area (Å²) < 4.78 is 23.0. The molecule has 0 saturated carbocycles. The molecule has 0 aromatic rings. The molecule has 0 radical (unpaired) electrons. The summed E-state index contributed by atoms with van der Waals surface area (Å²) in [5.74, 6) is -2.02. The molecule has 0 bridgehead atoms. The minimum atomic E-state index is -1.52. The average Bonchev–Trinajstić information content (AvgIpc) is 3.74. The van der Waals surface area contributed by atoms with E-state index in [-0.39, 0.29) is 32.2 Å². The van der Waals surface area contributed by atoms with Crippen LogP contribution >= 0.6 is 0 Å². The molecular formula is C88H144NO8+. The van der Waals surface area contributed by atoms with E-state index < -0.39 is 24.3 Å². The van der Waals surface area contributed by atoms with Crippen LogP contribution in [0.25, 0.3) is 0 Å². The summed E-state index contributed by atoms with van der Waals surface area (Å²) in [6.45, 7) is 4.64. The summed E-state index contributed by atoms with van der Waals surface area (Å²) in [7, 11) is 5.97. The van der Waals surface area contributed by atoms with Crippen LogP contribution in [0.3, 0.4) is 0 Å². The monoisotopic (exact) mass is 1340 g/mol. The maximum atomic E-state index is 13.0. The van der Waals surface area contributed by atoms with E-state index in [9.17, 15) is 19.5 Å². The smallest absolute Gasteiger partial charge is 0.361 e. The molecule has 0 spiro atoms. The van der Waals surface area contributed by atoms with E-state index in [1.807, 2.05) is 21.1 Å². The lowest BCUT2D eigenvalue weighted by Gasteiger charge is -2.25. The number of rotatable bonds is 70. The number of hydrogen-bond donors (Lipinski definition) is 1. The number of nitrogens with zero attached hydrogens (tertiary/aromatic N) is 1. The number of quaternary nitrogens is 1. The van der Waals surface area contributed by atoms with Gasteiger partial charge in [-0.15, -0.1) is 0 Å². The van der Waals surface area contributed by atoms with Crippen molar-refractivity contribution in [3.63, 3.8) is 0 Å². The van der Waals surface area contributed by atoms with Crippen LogP contribution in [0.1, 0.15) is 296 Å². The fourth-order valence-corrected chi connectivity index (χ4v) is 10.3. The summed E-state index contributed by atoms with van der Waals surface area (Å²) in [6.07, 6.45) is 113. The molecule has 548 valence electrons. The third kappa shape index (κ3) is 77.6. The van der Waals surface area contributed by atoms with Gasteiger partial charge in [0, 0.05) is 12.8 Å². The van der Waals surface area contributed by atoms with Gasteiger partial charge in [0.25, 0.3) is 6.29 Å². The van der Waals surface area contributed by atoms with E-state index in [4.69, 9.17) is 18.9 Å². The average molecular weight is 1340 g/mol. The van der Waals surface area contributed by atoms with Gasteiger partial charge in [0.05, 0.1) is 34.4 Å². The minimum absolute atomic E-state index is 0.179. The number of carboxylic acids is 1. The van der Waals surface area contributed by atoms with Crippen molar-refractivity contribution in [2.45, 2.75) is 309 Å². The van der Waals surface area contributed by atoms with Gasteiger partial charge in [-0.1, -0.05) is 331 Å². The fraction of sp³-hybridized carbons (Fsp3) is 0.625. The van der Waals surface area contributed by atoms with Gasteiger partial charge in [-0.05, 0) is 135 Å². The first-order chi connectivity index (χ1) is 47.6. The molecule has 0 rings (SSSR count). The van der Waals surface area contributed by atoms with E-state index in [1.165, 1.54) is 122 Å². The number of ether oxygens (including phenoxy) is 4. The number of carboxylic acid groups (broad SMARTS) is 1. The molecule has 9 nitrogen and oxygen atoms in total. The molecule has 9 heteroatoms. The molecular weight excluding hydrogens is 1200 g/mol. The molecule has 0 heterocycles. The summed E-state index contributed by atoms with van der Waals surface area (Å²) in [5.41, 5.74) is 0. The standard InChI is InChI=1S/C88H143NO8/c1-6-8-10-12-14-16-18-20-22-24-26-28-30-32-34-36-38-40-42-43-45-46-48-50-52-54-56-58-60-62-64-66-68-70-72-74-76-78-85(90)95-82-84(83-96-88(87(92)93)94-81-80-89(3,4)5)97-86(91)79-77-75-73-71-69-67-65-63-61-59-57-55-53-51-49-47-44-41-39-37-35-33-31-29-27-25-23-21-19-17-15-13-11-9-7-2/h8-11,14-17,20-23,26-29,32-35,38-41,43,45,47,49,53,55,84,88H,6-7,12-13,18-19,24-25,30-31,36-37,42,44,46,48,50-52,54,56-83H2,1-5H3/p+1/b10-8-,11-9-,16-14-,17-15-,22-20-,23-21-,28-26-,29-27-,34-32-,35-33-,40-38-,41-39-,45-43-,49-47-,55-53-. The SMILES string of the molecule is CC/C=C\C/C=C\C/C=C\C/C=C\C/C=C\C/C=C\C/C=C\C/C=C\CCCCCCCCCCCCC(=O)OC(COC(=O)CCCCCCCCCCCCCCCCC/C=C\C/C=C\C/C=C\C/C=C\C/C=C\C/C=C\C/C=C\CC)COC(OCC[N+](C)(C)C)C(=O)O. The largest absolute Gasteiger partial charge is 0.477 e.